The molecule has 4 rings (SSSR count). The van der Waals surface area contributed by atoms with Gasteiger partial charge in [-0.15, -0.1) is 10.2 Å². The van der Waals surface area contributed by atoms with Crippen LogP contribution in [0.15, 0.2) is 42.5 Å². The largest absolute Gasteiger partial charge is 0.497 e. The number of hydrogen-bond acceptors (Lipinski definition) is 7. The van der Waals surface area contributed by atoms with Crippen molar-refractivity contribution in [1.29, 1.82) is 0 Å². The van der Waals surface area contributed by atoms with Crippen LogP contribution in [0.5, 0.6) is 17.2 Å². The quantitative estimate of drug-likeness (QED) is 0.509. The zero-order valence-corrected chi connectivity index (χ0v) is 16.0. The van der Waals surface area contributed by atoms with Crippen molar-refractivity contribution in [3.05, 3.63) is 53.0 Å². The summed E-state index contributed by atoms with van der Waals surface area (Å²) in [7, 11) is 4.90. The van der Waals surface area contributed by atoms with Gasteiger partial charge in [-0.25, -0.2) is 0 Å². The summed E-state index contributed by atoms with van der Waals surface area (Å²) in [4.78, 5) is 0.753. The predicted octanol–water partition coefficient (Wildman–Crippen LogP) is 3.47. The number of rotatable bonds is 6. The van der Waals surface area contributed by atoms with Crippen LogP contribution in [0.3, 0.4) is 0 Å². The molecule has 4 aromatic rings. The van der Waals surface area contributed by atoms with Crippen LogP contribution in [-0.2, 0) is 6.42 Å². The third-order valence-electron chi connectivity index (χ3n) is 4.16. The highest BCUT2D eigenvalue weighted by Gasteiger charge is 2.15. The smallest absolute Gasteiger partial charge is 0.234 e. The third-order valence-corrected chi connectivity index (χ3v) is 5.06. The minimum atomic E-state index is 0.673. The topological polar surface area (TPSA) is 70.8 Å². The fraction of sp³-hybridized carbons (Fsp3) is 0.211. The van der Waals surface area contributed by atoms with Gasteiger partial charge in [-0.1, -0.05) is 29.5 Å². The lowest BCUT2D eigenvalue weighted by Gasteiger charge is -2.08. The molecule has 0 unspecified atom stereocenters. The van der Waals surface area contributed by atoms with Crippen LogP contribution in [0.4, 0.5) is 0 Å². The summed E-state index contributed by atoms with van der Waals surface area (Å²) in [6.07, 6.45) is 0.673. The molecule has 0 saturated carbocycles. The lowest BCUT2D eigenvalue weighted by Crippen LogP contribution is -1.96. The molecule has 0 atom stereocenters. The summed E-state index contributed by atoms with van der Waals surface area (Å²) < 4.78 is 17.7. The molecule has 2 aromatic heterocycles. The second-order valence-corrected chi connectivity index (χ2v) is 6.85. The van der Waals surface area contributed by atoms with Crippen molar-refractivity contribution in [2.45, 2.75) is 6.42 Å². The maximum Gasteiger partial charge on any atom is 0.234 e. The van der Waals surface area contributed by atoms with Crippen LogP contribution in [0, 0.1) is 0 Å². The molecule has 7 nitrogen and oxygen atoms in total. The molecule has 0 bridgehead atoms. The van der Waals surface area contributed by atoms with Gasteiger partial charge in [0, 0.05) is 12.0 Å². The Hall–Kier alpha value is -3.13. The molecule has 8 heteroatoms. The zero-order chi connectivity index (χ0) is 18.8. The molecule has 2 aromatic carbocycles. The van der Waals surface area contributed by atoms with Crippen LogP contribution in [0.1, 0.15) is 10.6 Å². The summed E-state index contributed by atoms with van der Waals surface area (Å²) in [6.45, 7) is 0. The number of aromatic nitrogens is 4. The first kappa shape index (κ1) is 17.3. The molecule has 0 amide bonds. The standard InChI is InChI=1S/C19H18N4O3S/c1-24-14-6-4-5-13(11-14)18-20-21-19-23(18)22-17(27-19)10-12-7-8-15(25-2)16(9-12)26-3/h4-9,11H,10H2,1-3H3. The second-order valence-electron chi connectivity index (χ2n) is 5.81. The minimum absolute atomic E-state index is 0.673. The van der Waals surface area contributed by atoms with Crippen molar-refractivity contribution in [3.63, 3.8) is 0 Å². The summed E-state index contributed by atoms with van der Waals surface area (Å²) in [6, 6.07) is 13.6. The van der Waals surface area contributed by atoms with Crippen molar-refractivity contribution in [2.24, 2.45) is 0 Å². The number of benzene rings is 2. The normalized spacial score (nSPS) is 10.9. The van der Waals surface area contributed by atoms with Crippen molar-refractivity contribution in [1.82, 2.24) is 19.8 Å². The van der Waals surface area contributed by atoms with Gasteiger partial charge in [0.25, 0.3) is 0 Å². The molecule has 0 fully saturated rings. The van der Waals surface area contributed by atoms with E-state index in [0.717, 1.165) is 26.8 Å². The fourth-order valence-corrected chi connectivity index (χ4v) is 3.70. The highest BCUT2D eigenvalue weighted by atomic mass is 32.1. The van der Waals surface area contributed by atoms with E-state index in [9.17, 15) is 0 Å². The zero-order valence-electron chi connectivity index (χ0n) is 15.2. The van der Waals surface area contributed by atoms with Gasteiger partial charge in [0.1, 0.15) is 10.8 Å². The monoisotopic (exact) mass is 382 g/mol. The van der Waals surface area contributed by atoms with E-state index in [2.05, 4.69) is 10.2 Å². The van der Waals surface area contributed by atoms with Gasteiger partial charge in [0.15, 0.2) is 17.3 Å². The number of methoxy groups -OCH3 is 3. The van der Waals surface area contributed by atoms with E-state index in [-0.39, 0.29) is 0 Å². The predicted molar refractivity (Wildman–Crippen MR) is 103 cm³/mol. The highest BCUT2D eigenvalue weighted by Crippen LogP contribution is 2.30. The Morgan fingerprint density at radius 2 is 1.78 bits per heavy atom. The van der Waals surface area contributed by atoms with E-state index in [1.165, 1.54) is 11.3 Å². The van der Waals surface area contributed by atoms with E-state index >= 15 is 0 Å². The maximum atomic E-state index is 5.38. The second kappa shape index (κ2) is 7.24. The van der Waals surface area contributed by atoms with Crippen molar-refractivity contribution in [3.8, 4) is 28.6 Å². The first-order valence-electron chi connectivity index (χ1n) is 8.28. The number of ether oxygens (including phenoxy) is 3. The average Bonchev–Trinajstić information content (AvgIpc) is 3.28. The molecule has 2 heterocycles. The highest BCUT2D eigenvalue weighted by molar-refractivity contribution is 7.16. The van der Waals surface area contributed by atoms with Crippen LogP contribution >= 0.6 is 11.3 Å². The molecule has 0 aliphatic rings. The molecular formula is C19H18N4O3S. The Balaban J connectivity index is 1.66. The lowest BCUT2D eigenvalue weighted by atomic mass is 10.1. The van der Waals surface area contributed by atoms with Crippen LogP contribution in [0.25, 0.3) is 16.3 Å². The Morgan fingerprint density at radius 3 is 2.56 bits per heavy atom. The van der Waals surface area contributed by atoms with Crippen LogP contribution in [0.2, 0.25) is 0 Å². The molecule has 0 radical (unpaired) electrons. The molecule has 0 saturated heterocycles. The van der Waals surface area contributed by atoms with Gasteiger partial charge in [0.2, 0.25) is 4.96 Å². The van der Waals surface area contributed by atoms with Crippen LogP contribution < -0.4 is 14.2 Å². The number of hydrogen-bond donors (Lipinski definition) is 0. The van der Waals surface area contributed by atoms with Crippen molar-refractivity contribution in [2.75, 3.05) is 21.3 Å². The van der Waals surface area contributed by atoms with Gasteiger partial charge < -0.3 is 14.2 Å². The van der Waals surface area contributed by atoms with Gasteiger partial charge in [-0.05, 0) is 29.8 Å². The first-order chi connectivity index (χ1) is 13.2. The summed E-state index contributed by atoms with van der Waals surface area (Å²) >= 11 is 1.52. The van der Waals surface area contributed by atoms with Gasteiger partial charge in [-0.3, -0.25) is 0 Å². The Morgan fingerprint density at radius 1 is 0.926 bits per heavy atom. The van der Waals surface area contributed by atoms with E-state index < -0.39 is 0 Å². The van der Waals surface area contributed by atoms with Crippen molar-refractivity contribution < 1.29 is 14.2 Å². The number of nitrogens with zero attached hydrogens (tertiary/aromatic N) is 4. The van der Waals surface area contributed by atoms with E-state index in [4.69, 9.17) is 19.3 Å². The Labute approximate surface area is 160 Å². The minimum Gasteiger partial charge on any atom is -0.497 e. The van der Waals surface area contributed by atoms with Crippen LogP contribution in [-0.4, -0.2) is 41.1 Å². The fourth-order valence-electron chi connectivity index (χ4n) is 2.84. The molecule has 27 heavy (non-hydrogen) atoms. The van der Waals surface area contributed by atoms with Crippen molar-refractivity contribution >= 4 is 16.3 Å². The molecular weight excluding hydrogens is 364 g/mol. The number of fused-ring (bicyclic) bond motifs is 1. The first-order valence-corrected chi connectivity index (χ1v) is 9.10. The lowest BCUT2D eigenvalue weighted by molar-refractivity contribution is 0.354. The summed E-state index contributed by atoms with van der Waals surface area (Å²) in [5.74, 6) is 2.87. The Kier molecular flexibility index (Phi) is 4.64. The summed E-state index contributed by atoms with van der Waals surface area (Å²) in [5, 5.41) is 14.2. The van der Waals surface area contributed by atoms with E-state index in [0.29, 0.717) is 23.7 Å². The Bertz CT molecular complexity index is 1090. The molecule has 0 aliphatic heterocycles. The van der Waals surface area contributed by atoms with Gasteiger partial charge >= 0.3 is 0 Å². The SMILES string of the molecule is COc1cccc(-c2nnc3sc(Cc4ccc(OC)c(OC)c4)nn23)c1. The molecule has 0 aliphatic carbocycles. The third kappa shape index (κ3) is 3.31. The van der Waals surface area contributed by atoms with Gasteiger partial charge in [0.05, 0.1) is 21.3 Å². The van der Waals surface area contributed by atoms with Gasteiger partial charge in [-0.2, -0.15) is 9.61 Å². The molecule has 0 spiro atoms. The maximum absolute atomic E-state index is 5.38. The molecule has 138 valence electrons. The molecule has 0 N–H and O–H groups in total. The summed E-state index contributed by atoms with van der Waals surface area (Å²) in [5.41, 5.74) is 1.99. The van der Waals surface area contributed by atoms with E-state index in [1.54, 1.807) is 25.8 Å². The average molecular weight is 382 g/mol. The van der Waals surface area contributed by atoms with E-state index in [1.807, 2.05) is 42.5 Å².